The van der Waals surface area contributed by atoms with Crippen LogP contribution in [0.1, 0.15) is 15.9 Å². The zero-order chi connectivity index (χ0) is 13.0. The van der Waals surface area contributed by atoms with E-state index in [1.54, 1.807) is 30.5 Å². The van der Waals surface area contributed by atoms with Crippen LogP contribution in [-0.2, 0) is 5.88 Å². The number of carbonyl (C=O) groups is 1. The zero-order valence-electron chi connectivity index (χ0n) is 9.36. The molecule has 0 fully saturated rings. The van der Waals surface area contributed by atoms with E-state index < -0.39 is 0 Å². The van der Waals surface area contributed by atoms with Gasteiger partial charge in [0.2, 0.25) is 0 Å². The molecule has 0 spiro atoms. The molecule has 1 aromatic carbocycles. The van der Waals surface area contributed by atoms with Gasteiger partial charge in [-0.15, -0.1) is 11.6 Å². The van der Waals surface area contributed by atoms with Crippen molar-refractivity contribution >= 4 is 39.3 Å². The summed E-state index contributed by atoms with van der Waals surface area (Å²) < 4.78 is 0.742. The first-order valence-corrected chi connectivity index (χ1v) is 6.60. The largest absolute Gasteiger partial charge is 0.306 e. The Kier molecular flexibility index (Phi) is 4.33. The van der Waals surface area contributed by atoms with E-state index in [1.807, 2.05) is 12.1 Å². The highest BCUT2D eigenvalue weighted by Crippen LogP contribution is 2.19. The van der Waals surface area contributed by atoms with E-state index >= 15 is 0 Å². The second kappa shape index (κ2) is 5.98. The molecule has 0 saturated carbocycles. The molecule has 18 heavy (non-hydrogen) atoms. The second-order valence-electron chi connectivity index (χ2n) is 3.62. The molecule has 0 unspecified atom stereocenters. The minimum atomic E-state index is -0.207. The molecule has 1 amide bonds. The highest BCUT2D eigenvalue weighted by atomic mass is 79.9. The summed E-state index contributed by atoms with van der Waals surface area (Å²) in [7, 11) is 0. The standard InChI is InChI=1S/C13H10BrClN2O/c14-11-5-2-6-16-12(11)17-13(18)10-4-1-3-9(7-10)8-15/h1-7H,8H2,(H,16,17,18). The van der Waals surface area contributed by atoms with E-state index in [4.69, 9.17) is 11.6 Å². The molecule has 1 N–H and O–H groups in total. The molecule has 5 heteroatoms. The average Bonchev–Trinajstić information content (AvgIpc) is 2.41. The normalized spacial score (nSPS) is 10.1. The lowest BCUT2D eigenvalue weighted by atomic mass is 10.1. The summed E-state index contributed by atoms with van der Waals surface area (Å²) in [4.78, 5) is 16.1. The molecule has 0 atom stereocenters. The van der Waals surface area contributed by atoms with Gasteiger partial charge in [0.25, 0.3) is 5.91 Å². The fourth-order valence-electron chi connectivity index (χ4n) is 1.45. The maximum atomic E-state index is 12.0. The number of carbonyl (C=O) groups excluding carboxylic acids is 1. The van der Waals surface area contributed by atoms with E-state index in [2.05, 4.69) is 26.2 Å². The number of rotatable bonds is 3. The van der Waals surface area contributed by atoms with Crippen molar-refractivity contribution in [1.29, 1.82) is 0 Å². The summed E-state index contributed by atoms with van der Waals surface area (Å²) in [5, 5.41) is 2.74. The number of nitrogens with zero attached hydrogens (tertiary/aromatic N) is 1. The minimum absolute atomic E-state index is 0.207. The smallest absolute Gasteiger partial charge is 0.256 e. The fourth-order valence-corrected chi connectivity index (χ4v) is 1.97. The maximum absolute atomic E-state index is 12.0. The number of alkyl halides is 1. The van der Waals surface area contributed by atoms with E-state index in [0.29, 0.717) is 17.3 Å². The Hall–Kier alpha value is -1.39. The third-order valence-corrected chi connectivity index (χ3v) is 3.28. The van der Waals surface area contributed by atoms with E-state index in [-0.39, 0.29) is 5.91 Å². The van der Waals surface area contributed by atoms with Crippen molar-refractivity contribution in [2.24, 2.45) is 0 Å². The van der Waals surface area contributed by atoms with Gasteiger partial charge in [-0.1, -0.05) is 12.1 Å². The quantitative estimate of drug-likeness (QED) is 0.871. The Morgan fingerprint density at radius 3 is 2.89 bits per heavy atom. The third kappa shape index (κ3) is 3.09. The molecule has 3 nitrogen and oxygen atoms in total. The van der Waals surface area contributed by atoms with Crippen LogP contribution in [0, 0.1) is 0 Å². The van der Waals surface area contributed by atoms with Crippen LogP contribution in [0.3, 0.4) is 0 Å². The number of aromatic nitrogens is 1. The molecule has 92 valence electrons. The molecule has 2 rings (SSSR count). The number of halogens is 2. The van der Waals surface area contributed by atoms with Gasteiger partial charge in [0.05, 0.1) is 4.47 Å². The van der Waals surface area contributed by atoms with Gasteiger partial charge in [-0.3, -0.25) is 4.79 Å². The summed E-state index contributed by atoms with van der Waals surface area (Å²) in [5.41, 5.74) is 1.47. The van der Waals surface area contributed by atoms with Crippen molar-refractivity contribution in [3.8, 4) is 0 Å². The molecular weight excluding hydrogens is 316 g/mol. The second-order valence-corrected chi connectivity index (χ2v) is 4.74. The first-order chi connectivity index (χ1) is 8.70. The lowest BCUT2D eigenvalue weighted by Crippen LogP contribution is -2.13. The molecule has 0 radical (unpaired) electrons. The van der Waals surface area contributed by atoms with Gasteiger partial charge in [0.15, 0.2) is 0 Å². The van der Waals surface area contributed by atoms with Crippen molar-refractivity contribution < 1.29 is 4.79 Å². The van der Waals surface area contributed by atoms with Gasteiger partial charge in [0.1, 0.15) is 5.82 Å². The molecule has 0 saturated heterocycles. The zero-order valence-corrected chi connectivity index (χ0v) is 11.7. The first-order valence-electron chi connectivity index (χ1n) is 5.27. The van der Waals surface area contributed by atoms with Crippen LogP contribution in [0.5, 0.6) is 0 Å². The number of pyridine rings is 1. The lowest BCUT2D eigenvalue weighted by Gasteiger charge is -2.06. The van der Waals surface area contributed by atoms with Crippen LogP contribution in [0.15, 0.2) is 47.1 Å². The van der Waals surface area contributed by atoms with Crippen molar-refractivity contribution in [3.05, 3.63) is 58.2 Å². The maximum Gasteiger partial charge on any atom is 0.256 e. The number of benzene rings is 1. The SMILES string of the molecule is O=C(Nc1ncccc1Br)c1cccc(CCl)c1. The average molecular weight is 326 g/mol. The summed E-state index contributed by atoms with van der Waals surface area (Å²) in [6.07, 6.45) is 1.62. The predicted octanol–water partition coefficient (Wildman–Crippen LogP) is 3.84. The van der Waals surface area contributed by atoms with Crippen molar-refractivity contribution in [3.63, 3.8) is 0 Å². The van der Waals surface area contributed by atoms with E-state index in [1.165, 1.54) is 0 Å². The molecular formula is C13H10BrClN2O. The van der Waals surface area contributed by atoms with Gasteiger partial charge in [0, 0.05) is 17.6 Å². The molecule has 0 aliphatic rings. The van der Waals surface area contributed by atoms with Crippen molar-refractivity contribution in [2.45, 2.75) is 5.88 Å². The van der Waals surface area contributed by atoms with Crippen LogP contribution in [0.25, 0.3) is 0 Å². The Bertz CT molecular complexity index is 574. The highest BCUT2D eigenvalue weighted by Gasteiger charge is 2.09. The van der Waals surface area contributed by atoms with E-state index in [9.17, 15) is 4.79 Å². The molecule has 0 aliphatic carbocycles. The predicted molar refractivity (Wildman–Crippen MR) is 75.9 cm³/mol. The Morgan fingerprint density at radius 2 is 2.17 bits per heavy atom. The molecule has 1 aromatic heterocycles. The topological polar surface area (TPSA) is 42.0 Å². The number of amides is 1. The number of hydrogen-bond acceptors (Lipinski definition) is 2. The summed E-state index contributed by atoms with van der Waals surface area (Å²) >= 11 is 9.06. The molecule has 0 aliphatic heterocycles. The lowest BCUT2D eigenvalue weighted by molar-refractivity contribution is 0.102. The van der Waals surface area contributed by atoms with Crippen LogP contribution in [0.2, 0.25) is 0 Å². The monoisotopic (exact) mass is 324 g/mol. The summed E-state index contributed by atoms with van der Waals surface area (Å²) in [6.45, 7) is 0. The van der Waals surface area contributed by atoms with Gasteiger partial charge >= 0.3 is 0 Å². The van der Waals surface area contributed by atoms with Crippen LogP contribution in [0.4, 0.5) is 5.82 Å². The van der Waals surface area contributed by atoms with E-state index in [0.717, 1.165) is 10.0 Å². The molecule has 2 aromatic rings. The Labute approximate surface area is 118 Å². The summed E-state index contributed by atoms with van der Waals surface area (Å²) in [6, 6.07) is 10.8. The van der Waals surface area contributed by atoms with Crippen LogP contribution in [-0.4, -0.2) is 10.9 Å². The van der Waals surface area contributed by atoms with Gasteiger partial charge in [-0.05, 0) is 45.8 Å². The van der Waals surface area contributed by atoms with Gasteiger partial charge in [-0.25, -0.2) is 4.98 Å². The fraction of sp³-hybridized carbons (Fsp3) is 0.0769. The van der Waals surface area contributed by atoms with Crippen LogP contribution < -0.4 is 5.32 Å². The summed E-state index contributed by atoms with van der Waals surface area (Å²) in [5.74, 6) is 0.675. The number of nitrogens with one attached hydrogen (secondary N) is 1. The Morgan fingerprint density at radius 1 is 1.33 bits per heavy atom. The van der Waals surface area contributed by atoms with Crippen LogP contribution >= 0.6 is 27.5 Å². The van der Waals surface area contributed by atoms with Crippen molar-refractivity contribution in [1.82, 2.24) is 4.98 Å². The molecule has 0 bridgehead atoms. The van der Waals surface area contributed by atoms with Gasteiger partial charge < -0.3 is 5.32 Å². The number of hydrogen-bond donors (Lipinski definition) is 1. The first kappa shape index (κ1) is 13.1. The highest BCUT2D eigenvalue weighted by molar-refractivity contribution is 9.10. The molecule has 1 heterocycles. The minimum Gasteiger partial charge on any atom is -0.306 e. The van der Waals surface area contributed by atoms with Gasteiger partial charge in [-0.2, -0.15) is 0 Å². The third-order valence-electron chi connectivity index (χ3n) is 2.33. The number of anilines is 1. The Balaban J connectivity index is 2.19. The van der Waals surface area contributed by atoms with Crippen molar-refractivity contribution in [2.75, 3.05) is 5.32 Å².